The average molecular weight is 347 g/mol. The van der Waals surface area contributed by atoms with Crippen LogP contribution in [0.15, 0.2) is 24.3 Å². The fraction of sp³-hybridized carbons (Fsp3) is 0.562. The van der Waals surface area contributed by atoms with E-state index in [9.17, 15) is 13.6 Å². The SMILES string of the molecule is COc1ccccc1C1CCN(C(=O)C2CC(F)(F)CN2)C1.Cl. The van der Waals surface area contributed by atoms with Crippen molar-refractivity contribution in [3.63, 3.8) is 0 Å². The van der Waals surface area contributed by atoms with Gasteiger partial charge in [0.2, 0.25) is 5.91 Å². The summed E-state index contributed by atoms with van der Waals surface area (Å²) in [5.41, 5.74) is 1.07. The number of amides is 1. The number of carbonyl (C=O) groups excluding carboxylic acids is 1. The van der Waals surface area contributed by atoms with Crippen LogP contribution in [-0.2, 0) is 4.79 Å². The van der Waals surface area contributed by atoms with E-state index in [0.717, 1.165) is 17.7 Å². The summed E-state index contributed by atoms with van der Waals surface area (Å²) in [7, 11) is 1.63. The highest BCUT2D eigenvalue weighted by Gasteiger charge is 2.44. The zero-order valence-electron chi connectivity index (χ0n) is 12.9. The lowest BCUT2D eigenvalue weighted by atomic mass is 9.97. The Morgan fingerprint density at radius 2 is 2.13 bits per heavy atom. The first-order chi connectivity index (χ1) is 10.5. The van der Waals surface area contributed by atoms with Crippen molar-refractivity contribution in [3.8, 4) is 5.75 Å². The summed E-state index contributed by atoms with van der Waals surface area (Å²) in [5, 5.41) is 2.63. The molecule has 1 amide bonds. The standard InChI is InChI=1S/C16H20F2N2O2.ClH/c1-22-14-5-3-2-4-12(14)11-6-7-20(9-11)15(21)13-8-16(17,18)10-19-13;/h2-5,11,13,19H,6-10H2,1H3;1H. The summed E-state index contributed by atoms with van der Waals surface area (Å²) in [5.74, 6) is -1.98. The van der Waals surface area contributed by atoms with Crippen molar-refractivity contribution < 1.29 is 18.3 Å². The molecule has 7 heteroatoms. The van der Waals surface area contributed by atoms with Crippen LogP contribution >= 0.6 is 12.4 Å². The second-order valence-corrected chi connectivity index (χ2v) is 6.01. The Bertz CT molecular complexity index is 571. The minimum absolute atomic E-state index is 0. The van der Waals surface area contributed by atoms with Crippen molar-refractivity contribution in [1.82, 2.24) is 10.2 Å². The van der Waals surface area contributed by atoms with E-state index in [4.69, 9.17) is 4.74 Å². The second-order valence-electron chi connectivity index (χ2n) is 6.01. The first-order valence-electron chi connectivity index (χ1n) is 7.53. The van der Waals surface area contributed by atoms with Crippen LogP contribution in [0.3, 0.4) is 0 Å². The van der Waals surface area contributed by atoms with E-state index in [-0.39, 0.29) is 24.2 Å². The maximum atomic E-state index is 13.2. The van der Waals surface area contributed by atoms with Crippen LogP contribution in [0.25, 0.3) is 0 Å². The van der Waals surface area contributed by atoms with Gasteiger partial charge in [-0.15, -0.1) is 12.4 Å². The smallest absolute Gasteiger partial charge is 0.262 e. The molecule has 0 bridgehead atoms. The number of hydrogen-bond donors (Lipinski definition) is 1. The molecule has 1 N–H and O–H groups in total. The lowest BCUT2D eigenvalue weighted by Crippen LogP contribution is -2.42. The molecule has 0 aromatic heterocycles. The molecule has 3 rings (SSSR count). The van der Waals surface area contributed by atoms with Crippen molar-refractivity contribution in [3.05, 3.63) is 29.8 Å². The van der Waals surface area contributed by atoms with E-state index in [1.54, 1.807) is 12.0 Å². The van der Waals surface area contributed by atoms with Gasteiger partial charge in [0, 0.05) is 25.4 Å². The molecule has 0 spiro atoms. The molecule has 23 heavy (non-hydrogen) atoms. The van der Waals surface area contributed by atoms with Crippen molar-refractivity contribution in [1.29, 1.82) is 0 Å². The molecule has 128 valence electrons. The fourth-order valence-corrected chi connectivity index (χ4v) is 3.33. The monoisotopic (exact) mass is 346 g/mol. The highest BCUT2D eigenvalue weighted by atomic mass is 35.5. The van der Waals surface area contributed by atoms with E-state index in [2.05, 4.69) is 5.32 Å². The molecule has 2 saturated heterocycles. The molecule has 0 radical (unpaired) electrons. The van der Waals surface area contributed by atoms with Crippen LogP contribution in [0.2, 0.25) is 0 Å². The van der Waals surface area contributed by atoms with Crippen LogP contribution in [0.5, 0.6) is 5.75 Å². The van der Waals surface area contributed by atoms with Gasteiger partial charge in [-0.1, -0.05) is 18.2 Å². The zero-order chi connectivity index (χ0) is 15.7. The first kappa shape index (κ1) is 17.9. The molecule has 2 atom stereocenters. The van der Waals surface area contributed by atoms with E-state index in [1.165, 1.54) is 0 Å². The van der Waals surface area contributed by atoms with Gasteiger partial charge >= 0.3 is 0 Å². The number of methoxy groups -OCH3 is 1. The number of nitrogens with zero attached hydrogens (tertiary/aromatic N) is 1. The summed E-state index contributed by atoms with van der Waals surface area (Å²) in [6.07, 6.45) is 0.427. The third-order valence-corrected chi connectivity index (χ3v) is 4.49. The molecule has 2 unspecified atom stereocenters. The first-order valence-corrected chi connectivity index (χ1v) is 7.53. The predicted molar refractivity (Wildman–Crippen MR) is 85.5 cm³/mol. The number of carbonyl (C=O) groups is 1. The Morgan fingerprint density at radius 1 is 1.39 bits per heavy atom. The molecule has 0 aliphatic carbocycles. The number of benzene rings is 1. The van der Waals surface area contributed by atoms with Crippen molar-refractivity contribution in [2.24, 2.45) is 0 Å². The van der Waals surface area contributed by atoms with Crippen LogP contribution in [0.4, 0.5) is 8.78 Å². The van der Waals surface area contributed by atoms with Gasteiger partial charge < -0.3 is 9.64 Å². The maximum Gasteiger partial charge on any atom is 0.262 e. The molecule has 2 aliphatic heterocycles. The zero-order valence-corrected chi connectivity index (χ0v) is 13.7. The number of para-hydroxylation sites is 1. The Labute approximate surface area is 140 Å². The molecule has 1 aromatic rings. The van der Waals surface area contributed by atoms with Gasteiger partial charge in [-0.2, -0.15) is 0 Å². The third-order valence-electron chi connectivity index (χ3n) is 4.49. The molecule has 0 saturated carbocycles. The molecule has 2 heterocycles. The van der Waals surface area contributed by atoms with Gasteiger partial charge in [0.15, 0.2) is 0 Å². The minimum Gasteiger partial charge on any atom is -0.496 e. The van der Waals surface area contributed by atoms with Crippen molar-refractivity contribution >= 4 is 18.3 Å². The predicted octanol–water partition coefficient (Wildman–Crippen LogP) is 2.43. The highest BCUT2D eigenvalue weighted by Crippen LogP contribution is 2.34. The minimum atomic E-state index is -2.78. The third kappa shape index (κ3) is 3.75. The number of halogens is 3. The molecule has 4 nitrogen and oxygen atoms in total. The summed E-state index contributed by atoms with van der Waals surface area (Å²) in [6, 6.07) is 7.00. The van der Waals surface area contributed by atoms with Gasteiger partial charge in [-0.25, -0.2) is 8.78 Å². The summed E-state index contributed by atoms with van der Waals surface area (Å²) in [4.78, 5) is 14.1. The highest BCUT2D eigenvalue weighted by molar-refractivity contribution is 5.85. The fourth-order valence-electron chi connectivity index (χ4n) is 3.33. The number of ether oxygens (including phenoxy) is 1. The Kier molecular flexibility index (Phi) is 5.47. The molecular formula is C16H21ClF2N2O2. The number of alkyl halides is 2. The number of nitrogens with one attached hydrogen (secondary N) is 1. The lowest BCUT2D eigenvalue weighted by Gasteiger charge is -2.21. The molecule has 1 aromatic carbocycles. The van der Waals surface area contributed by atoms with Gasteiger partial charge in [-0.05, 0) is 18.1 Å². The summed E-state index contributed by atoms with van der Waals surface area (Å²) >= 11 is 0. The number of rotatable bonds is 3. The summed E-state index contributed by atoms with van der Waals surface area (Å²) in [6.45, 7) is 0.751. The van der Waals surface area contributed by atoms with E-state index < -0.39 is 24.9 Å². The van der Waals surface area contributed by atoms with Gasteiger partial charge in [0.05, 0.1) is 19.7 Å². The Morgan fingerprint density at radius 3 is 2.78 bits per heavy atom. The second kappa shape index (κ2) is 7.01. The van der Waals surface area contributed by atoms with Crippen LogP contribution in [-0.4, -0.2) is 49.5 Å². The molecular weight excluding hydrogens is 326 g/mol. The quantitative estimate of drug-likeness (QED) is 0.914. The Balaban J connectivity index is 0.00000192. The topological polar surface area (TPSA) is 41.6 Å². The largest absolute Gasteiger partial charge is 0.496 e. The average Bonchev–Trinajstić information content (AvgIpc) is 3.13. The maximum absolute atomic E-state index is 13.2. The normalized spacial score (nSPS) is 26.0. The number of likely N-dealkylation sites (tertiary alicyclic amines) is 1. The Hall–Kier alpha value is -1.40. The van der Waals surface area contributed by atoms with E-state index in [1.807, 2.05) is 24.3 Å². The van der Waals surface area contributed by atoms with Crippen molar-refractivity contribution in [2.75, 3.05) is 26.7 Å². The molecule has 2 fully saturated rings. The van der Waals surface area contributed by atoms with E-state index in [0.29, 0.717) is 13.1 Å². The van der Waals surface area contributed by atoms with Gasteiger partial charge in [0.1, 0.15) is 5.75 Å². The van der Waals surface area contributed by atoms with Crippen LogP contribution < -0.4 is 10.1 Å². The van der Waals surface area contributed by atoms with Crippen LogP contribution in [0.1, 0.15) is 24.3 Å². The van der Waals surface area contributed by atoms with E-state index >= 15 is 0 Å². The number of hydrogen-bond acceptors (Lipinski definition) is 3. The molecule has 2 aliphatic rings. The lowest BCUT2D eigenvalue weighted by molar-refractivity contribution is -0.132. The van der Waals surface area contributed by atoms with Crippen molar-refractivity contribution in [2.45, 2.75) is 30.7 Å². The van der Waals surface area contributed by atoms with Crippen LogP contribution in [0, 0.1) is 0 Å². The van der Waals surface area contributed by atoms with Gasteiger partial charge in [-0.3, -0.25) is 10.1 Å². The van der Waals surface area contributed by atoms with Gasteiger partial charge in [0.25, 0.3) is 5.92 Å². The summed E-state index contributed by atoms with van der Waals surface area (Å²) < 4.78 is 31.8.